The van der Waals surface area contributed by atoms with Crippen molar-refractivity contribution in [2.24, 2.45) is 11.3 Å². The smallest absolute Gasteiger partial charge is 0.407 e. The number of alkyl carbamates (subject to hydrolysis) is 1. The predicted octanol–water partition coefficient (Wildman–Crippen LogP) is 8.45. The topological polar surface area (TPSA) is 116 Å². The molecule has 296 valence electrons. The number of nitrogens with one attached hydrogen (secondary N) is 3. The van der Waals surface area contributed by atoms with Crippen LogP contribution in [0.15, 0.2) is 95.9 Å². The van der Waals surface area contributed by atoms with Crippen molar-refractivity contribution in [3.8, 4) is 5.75 Å². The standard InChI is InChI=1S/C45H61N5O5/c1-10-37-31(2)29-39(54-37)50-30-32(25-27-46-28-26-38(43(3,4)5)47-42(52)55-44(6,7)8)40(48-41(50)51)49-45(33-17-13-11-14-18-33,34-19-15-12-16-20-34)35-21-23-36(53-9)24-22-35/h11-24,30-31,37-39,46H,10,25-29H2,1-9H3,(H,47,52)(H,48,49,51)/t31-,37+,38-,39+/m0/s1. The second-order valence-electron chi connectivity index (χ2n) is 16.7. The molecule has 1 aliphatic rings. The fraction of sp³-hybridized carbons (Fsp3) is 0.489. The number of anilines is 1. The van der Waals surface area contributed by atoms with Crippen molar-refractivity contribution < 1.29 is 19.0 Å². The summed E-state index contributed by atoms with van der Waals surface area (Å²) in [7, 11) is 1.66. The molecule has 10 heteroatoms. The number of ether oxygens (including phenoxy) is 3. The Labute approximate surface area is 327 Å². The van der Waals surface area contributed by atoms with Crippen molar-refractivity contribution in [2.45, 2.75) is 111 Å². The molecule has 0 unspecified atom stereocenters. The number of carbonyl (C=O) groups excluding carboxylic acids is 1. The minimum atomic E-state index is -0.915. The van der Waals surface area contributed by atoms with Crippen LogP contribution in [0, 0.1) is 11.3 Å². The van der Waals surface area contributed by atoms with E-state index in [1.54, 1.807) is 11.7 Å². The first-order valence-electron chi connectivity index (χ1n) is 19.7. The first-order chi connectivity index (χ1) is 26.1. The number of amides is 1. The van der Waals surface area contributed by atoms with Gasteiger partial charge in [-0.15, -0.1) is 0 Å². The molecular formula is C45H61N5O5. The zero-order valence-corrected chi connectivity index (χ0v) is 34.1. The number of benzene rings is 3. The summed E-state index contributed by atoms with van der Waals surface area (Å²) in [6.07, 6.45) is 4.14. The second kappa shape index (κ2) is 17.9. The van der Waals surface area contributed by atoms with E-state index >= 15 is 0 Å². The van der Waals surface area contributed by atoms with Crippen LogP contribution in [0.5, 0.6) is 5.75 Å². The molecule has 55 heavy (non-hydrogen) atoms. The lowest BCUT2D eigenvalue weighted by molar-refractivity contribution is -0.00761. The van der Waals surface area contributed by atoms with E-state index in [1.165, 1.54) is 0 Å². The molecule has 0 spiro atoms. The van der Waals surface area contributed by atoms with Gasteiger partial charge >= 0.3 is 11.8 Å². The Bertz CT molecular complexity index is 1840. The third kappa shape index (κ3) is 10.3. The maximum absolute atomic E-state index is 14.0. The molecule has 5 rings (SSSR count). The molecule has 1 aromatic heterocycles. The molecule has 4 aromatic rings. The van der Waals surface area contributed by atoms with Crippen molar-refractivity contribution >= 4 is 11.9 Å². The lowest BCUT2D eigenvalue weighted by atomic mass is 9.77. The van der Waals surface area contributed by atoms with Gasteiger partial charge in [0.1, 0.15) is 28.9 Å². The van der Waals surface area contributed by atoms with E-state index in [4.69, 9.17) is 19.2 Å². The number of carbonyl (C=O) groups is 1. The molecule has 3 N–H and O–H groups in total. The molecule has 0 bridgehead atoms. The lowest BCUT2D eigenvalue weighted by Crippen LogP contribution is -2.47. The fourth-order valence-corrected chi connectivity index (χ4v) is 7.42. The molecule has 3 aromatic carbocycles. The summed E-state index contributed by atoms with van der Waals surface area (Å²) in [5.41, 5.74) is 1.80. The average molecular weight is 752 g/mol. The van der Waals surface area contributed by atoms with Crippen LogP contribution in [0.3, 0.4) is 0 Å². The average Bonchev–Trinajstić information content (AvgIpc) is 3.53. The van der Waals surface area contributed by atoms with Crippen molar-refractivity contribution in [2.75, 3.05) is 25.5 Å². The SMILES string of the molecule is CC[C@H]1O[C@@H](n2cc(CCNCC[C@H](NC(=O)OC(C)(C)C)C(C)(C)C)c(NC(c3ccccc3)(c3ccccc3)c3ccc(OC)cc3)nc2=O)C[C@@H]1C. The van der Waals surface area contributed by atoms with Crippen LogP contribution in [-0.4, -0.2) is 53.6 Å². The van der Waals surface area contributed by atoms with E-state index in [1.807, 2.05) is 75.5 Å². The van der Waals surface area contributed by atoms with Gasteiger partial charge in [0.05, 0.1) is 13.2 Å². The fourth-order valence-electron chi connectivity index (χ4n) is 7.42. The molecule has 0 aliphatic carbocycles. The van der Waals surface area contributed by atoms with Crippen LogP contribution in [-0.2, 0) is 21.4 Å². The van der Waals surface area contributed by atoms with Gasteiger partial charge in [-0.25, -0.2) is 9.59 Å². The normalized spacial score (nSPS) is 18.1. The molecule has 1 amide bonds. The van der Waals surface area contributed by atoms with Crippen LogP contribution in [0.2, 0.25) is 0 Å². The number of aromatic nitrogens is 2. The van der Waals surface area contributed by atoms with Crippen molar-refractivity contribution in [3.63, 3.8) is 0 Å². The lowest BCUT2D eigenvalue weighted by Gasteiger charge is -2.38. The van der Waals surface area contributed by atoms with Gasteiger partial charge in [0.25, 0.3) is 0 Å². The Hall–Kier alpha value is -4.67. The highest BCUT2D eigenvalue weighted by Gasteiger charge is 2.39. The number of hydrogen-bond acceptors (Lipinski definition) is 8. The van der Waals surface area contributed by atoms with Crippen LogP contribution in [0.25, 0.3) is 0 Å². The zero-order valence-electron chi connectivity index (χ0n) is 34.1. The van der Waals surface area contributed by atoms with Gasteiger partial charge in [-0.05, 0) is 99.7 Å². The molecule has 1 fully saturated rings. The minimum absolute atomic E-state index is 0.0868. The molecule has 10 nitrogen and oxygen atoms in total. The van der Waals surface area contributed by atoms with Gasteiger partial charge in [-0.3, -0.25) is 4.57 Å². The highest BCUT2D eigenvalue weighted by Crippen LogP contribution is 2.41. The van der Waals surface area contributed by atoms with E-state index in [0.29, 0.717) is 37.7 Å². The largest absolute Gasteiger partial charge is 0.497 e. The third-order valence-electron chi connectivity index (χ3n) is 10.4. The van der Waals surface area contributed by atoms with E-state index in [0.717, 1.165) is 40.8 Å². The van der Waals surface area contributed by atoms with Gasteiger partial charge in [-0.2, -0.15) is 4.98 Å². The zero-order chi connectivity index (χ0) is 39.8. The van der Waals surface area contributed by atoms with Crippen LogP contribution < -0.4 is 26.4 Å². The predicted molar refractivity (Wildman–Crippen MR) is 220 cm³/mol. The third-order valence-corrected chi connectivity index (χ3v) is 10.4. The Kier molecular flexibility index (Phi) is 13.5. The van der Waals surface area contributed by atoms with Gasteiger partial charge < -0.3 is 30.2 Å². The van der Waals surface area contributed by atoms with E-state index < -0.39 is 17.2 Å². The van der Waals surface area contributed by atoms with Gasteiger partial charge in [0.2, 0.25) is 0 Å². The Morgan fingerprint density at radius 3 is 2.04 bits per heavy atom. The molecule has 1 saturated heterocycles. The number of hydrogen-bond donors (Lipinski definition) is 3. The monoisotopic (exact) mass is 751 g/mol. The van der Waals surface area contributed by atoms with Crippen molar-refractivity contribution in [3.05, 3.63) is 124 Å². The minimum Gasteiger partial charge on any atom is -0.497 e. The number of rotatable bonds is 15. The summed E-state index contributed by atoms with van der Waals surface area (Å²) in [6.45, 7) is 17.5. The summed E-state index contributed by atoms with van der Waals surface area (Å²) >= 11 is 0. The van der Waals surface area contributed by atoms with Crippen molar-refractivity contribution in [1.82, 2.24) is 20.2 Å². The highest BCUT2D eigenvalue weighted by atomic mass is 16.6. The van der Waals surface area contributed by atoms with Gasteiger partial charge in [0.15, 0.2) is 0 Å². The molecular weight excluding hydrogens is 691 g/mol. The number of methoxy groups -OCH3 is 1. The summed E-state index contributed by atoms with van der Waals surface area (Å²) in [5.74, 6) is 1.58. The van der Waals surface area contributed by atoms with Crippen LogP contribution in [0.4, 0.5) is 10.6 Å². The second-order valence-corrected chi connectivity index (χ2v) is 16.7. The van der Waals surface area contributed by atoms with Gasteiger partial charge in [0, 0.05) is 17.8 Å². The van der Waals surface area contributed by atoms with Crippen molar-refractivity contribution in [1.29, 1.82) is 0 Å². The summed E-state index contributed by atoms with van der Waals surface area (Å²) in [4.78, 5) is 31.5. The first kappa shape index (κ1) is 41.5. The maximum Gasteiger partial charge on any atom is 0.407 e. The molecule has 0 radical (unpaired) electrons. The summed E-state index contributed by atoms with van der Waals surface area (Å²) in [5, 5.41) is 10.5. The van der Waals surface area contributed by atoms with E-state index in [2.05, 4.69) is 87.0 Å². The Morgan fingerprint density at radius 2 is 1.51 bits per heavy atom. The summed E-state index contributed by atoms with van der Waals surface area (Å²) in [6, 6.07) is 28.4. The quantitative estimate of drug-likeness (QED) is 0.0819. The summed E-state index contributed by atoms with van der Waals surface area (Å²) < 4.78 is 19.2. The molecule has 0 saturated carbocycles. The van der Waals surface area contributed by atoms with Crippen LogP contribution >= 0.6 is 0 Å². The molecule has 4 atom stereocenters. The van der Waals surface area contributed by atoms with Crippen LogP contribution in [0.1, 0.15) is 103 Å². The number of nitrogens with zero attached hydrogens (tertiary/aromatic N) is 2. The maximum atomic E-state index is 14.0. The first-order valence-corrected chi connectivity index (χ1v) is 19.7. The highest BCUT2D eigenvalue weighted by molar-refractivity contribution is 5.68. The van der Waals surface area contributed by atoms with E-state index in [9.17, 15) is 9.59 Å². The Morgan fingerprint density at radius 1 is 0.909 bits per heavy atom. The van der Waals surface area contributed by atoms with Gasteiger partial charge in [-0.1, -0.05) is 107 Å². The Balaban J connectivity index is 1.51. The van der Waals surface area contributed by atoms with E-state index in [-0.39, 0.29) is 29.5 Å². The molecule has 1 aliphatic heterocycles. The molecule has 2 heterocycles.